The highest BCUT2D eigenvalue weighted by Gasteiger charge is 2.76. The van der Waals surface area contributed by atoms with Crippen molar-refractivity contribution < 1.29 is 38.0 Å². The fourth-order valence-corrected chi connectivity index (χ4v) is 7.33. The number of ketones is 1. The molecule has 5 aliphatic heterocycles. The van der Waals surface area contributed by atoms with Crippen molar-refractivity contribution in [1.82, 2.24) is 4.90 Å². The molecule has 10 heteroatoms. The highest BCUT2D eigenvalue weighted by atomic mass is 35.5. The zero-order valence-electron chi connectivity index (χ0n) is 24.0. The lowest BCUT2D eigenvalue weighted by Gasteiger charge is -2.43. The monoisotopic (exact) mass is 593 g/mol. The van der Waals surface area contributed by atoms with Crippen LogP contribution in [0.4, 0.5) is 0 Å². The third-order valence-corrected chi connectivity index (χ3v) is 8.96. The van der Waals surface area contributed by atoms with Crippen LogP contribution in [0.25, 0.3) is 11.8 Å². The summed E-state index contributed by atoms with van der Waals surface area (Å²) in [7, 11) is 1.34. The van der Waals surface area contributed by atoms with Gasteiger partial charge >= 0.3 is 5.97 Å². The Hall–Kier alpha value is -3.05. The number of hydrogen-bond donors (Lipinski definition) is 0. The fourth-order valence-electron chi connectivity index (χ4n) is 7.20. The molecule has 0 unspecified atom stereocenters. The van der Waals surface area contributed by atoms with Gasteiger partial charge in [-0.3, -0.25) is 4.79 Å². The first-order valence-electron chi connectivity index (χ1n) is 14.0. The molecule has 0 bridgehead atoms. The third-order valence-electron chi connectivity index (χ3n) is 8.70. The number of nitrogens with zero attached hydrogens (tertiary/aromatic N) is 1. The minimum Gasteiger partial charge on any atom is -0.466 e. The van der Waals surface area contributed by atoms with Gasteiger partial charge in [0, 0.05) is 22.3 Å². The van der Waals surface area contributed by atoms with E-state index in [9.17, 15) is 9.59 Å². The van der Waals surface area contributed by atoms with Gasteiger partial charge in [-0.05, 0) is 63.6 Å². The van der Waals surface area contributed by atoms with Crippen molar-refractivity contribution in [2.24, 2.45) is 5.41 Å². The first-order valence-corrected chi connectivity index (χ1v) is 14.4. The smallest absolute Gasteiger partial charge is 0.336 e. The summed E-state index contributed by atoms with van der Waals surface area (Å²) >= 11 is 6.20. The first kappa shape index (κ1) is 27.8. The number of halogens is 1. The molecule has 2 aromatic rings. The Morgan fingerprint density at radius 3 is 2.38 bits per heavy atom. The second kappa shape index (κ2) is 9.47. The van der Waals surface area contributed by atoms with Crippen molar-refractivity contribution in [2.45, 2.75) is 69.9 Å². The van der Waals surface area contributed by atoms with Gasteiger partial charge in [-0.25, -0.2) is 4.79 Å². The van der Waals surface area contributed by atoms with Crippen molar-refractivity contribution in [3.63, 3.8) is 0 Å². The van der Waals surface area contributed by atoms with Gasteiger partial charge in [-0.15, -0.1) is 0 Å². The number of methoxy groups -OCH3 is 1. The van der Waals surface area contributed by atoms with Crippen molar-refractivity contribution >= 4 is 35.1 Å². The predicted molar refractivity (Wildman–Crippen MR) is 152 cm³/mol. The summed E-state index contributed by atoms with van der Waals surface area (Å²) in [6, 6.07) is 13.5. The van der Waals surface area contributed by atoms with E-state index in [-0.39, 0.29) is 18.0 Å². The Balaban J connectivity index is 1.53. The van der Waals surface area contributed by atoms with Gasteiger partial charge < -0.3 is 33.3 Å². The van der Waals surface area contributed by atoms with Crippen LogP contribution >= 0.6 is 11.6 Å². The standard InChI is InChI=1S/C32H32ClNO8/c1-30(2)38-16-21(40-30)26-32(27-29(39-26)42-31(3,4)41-27)22(28(36)37-5)23-20-9-7-6-8-17(20)14-15-34(23)25(32)24(35)18-10-12-19(33)13-11-18/h6-15,21,25-27,29H,16H2,1-5H3/t21-,25+,26-,27+,29-,32-/m1/s1. The molecule has 3 saturated heterocycles. The number of ether oxygens (including phenoxy) is 6. The molecular formula is C32H32ClNO8. The van der Waals surface area contributed by atoms with Gasteiger partial charge in [-0.1, -0.05) is 35.9 Å². The van der Waals surface area contributed by atoms with Gasteiger partial charge in [0.05, 0.1) is 30.4 Å². The summed E-state index contributed by atoms with van der Waals surface area (Å²) in [5, 5.41) is 0.503. The summed E-state index contributed by atoms with van der Waals surface area (Å²) in [5.74, 6) is -2.78. The quantitative estimate of drug-likeness (QED) is 0.366. The molecule has 0 radical (unpaired) electrons. The van der Waals surface area contributed by atoms with E-state index in [1.165, 1.54) is 7.11 Å². The minimum absolute atomic E-state index is 0.181. The molecule has 9 nitrogen and oxygen atoms in total. The first-order chi connectivity index (χ1) is 20.0. The highest BCUT2D eigenvalue weighted by molar-refractivity contribution is 6.30. The SMILES string of the molecule is COC(=O)C1=C2c3ccccc3C=CN2[C@@H](C(=O)c2ccc(Cl)cc2)[C@@]12[C@@H]([C@H]1COC(C)(C)O1)O[C@@H]1OC(C)(C)O[C@@H]12. The average molecular weight is 594 g/mol. The minimum atomic E-state index is -1.42. The Morgan fingerprint density at radius 1 is 0.952 bits per heavy atom. The molecule has 220 valence electrons. The Bertz CT molecular complexity index is 1530. The van der Waals surface area contributed by atoms with E-state index in [1.807, 2.05) is 55.3 Å². The molecule has 0 saturated carbocycles. The highest BCUT2D eigenvalue weighted by Crippen LogP contribution is 2.63. The maximum Gasteiger partial charge on any atom is 0.336 e. The van der Waals surface area contributed by atoms with E-state index in [4.69, 9.17) is 40.0 Å². The second-order valence-corrected chi connectivity index (χ2v) is 12.5. The number of esters is 1. The summed E-state index contributed by atoms with van der Waals surface area (Å²) in [4.78, 5) is 30.9. The molecule has 0 aromatic heterocycles. The molecule has 0 N–H and O–H groups in total. The van der Waals surface area contributed by atoms with Crippen LogP contribution in [0, 0.1) is 5.41 Å². The molecule has 1 spiro atoms. The normalized spacial score (nSPS) is 33.6. The van der Waals surface area contributed by atoms with E-state index in [1.54, 1.807) is 38.1 Å². The summed E-state index contributed by atoms with van der Waals surface area (Å²) < 4.78 is 37.4. The zero-order valence-corrected chi connectivity index (χ0v) is 24.7. The Labute approximate surface area is 248 Å². The van der Waals surface area contributed by atoms with Crippen LogP contribution in [0.15, 0.2) is 60.3 Å². The molecule has 2 aromatic carbocycles. The van der Waals surface area contributed by atoms with Crippen molar-refractivity contribution in [3.05, 3.63) is 82.0 Å². The number of Topliss-reactive ketones (excluding diaryl/α,β-unsaturated/α-hetero) is 1. The van der Waals surface area contributed by atoms with Crippen LogP contribution in [0.5, 0.6) is 0 Å². The van der Waals surface area contributed by atoms with Crippen molar-refractivity contribution in [1.29, 1.82) is 0 Å². The van der Waals surface area contributed by atoms with E-state index in [2.05, 4.69) is 0 Å². The maximum absolute atomic E-state index is 14.9. The van der Waals surface area contributed by atoms with Crippen LogP contribution in [-0.4, -0.2) is 72.6 Å². The van der Waals surface area contributed by atoms with Crippen LogP contribution in [-0.2, 0) is 33.2 Å². The molecule has 3 fully saturated rings. The van der Waals surface area contributed by atoms with E-state index in [0.717, 1.165) is 11.1 Å². The third kappa shape index (κ3) is 3.95. The largest absolute Gasteiger partial charge is 0.466 e. The van der Waals surface area contributed by atoms with Gasteiger partial charge in [0.25, 0.3) is 0 Å². The molecule has 0 amide bonds. The van der Waals surface area contributed by atoms with Gasteiger partial charge in [0.1, 0.15) is 24.4 Å². The molecular weight excluding hydrogens is 562 g/mol. The van der Waals surface area contributed by atoms with E-state index in [0.29, 0.717) is 16.3 Å². The number of fused-ring (bicyclic) bond motifs is 5. The second-order valence-electron chi connectivity index (χ2n) is 12.1. The van der Waals surface area contributed by atoms with Crippen molar-refractivity contribution in [2.75, 3.05) is 13.7 Å². The van der Waals surface area contributed by atoms with Crippen LogP contribution < -0.4 is 0 Å². The predicted octanol–water partition coefficient (Wildman–Crippen LogP) is 4.79. The molecule has 0 aliphatic carbocycles. The lowest BCUT2D eigenvalue weighted by molar-refractivity contribution is -0.235. The molecule has 6 atom stereocenters. The summed E-state index contributed by atoms with van der Waals surface area (Å²) in [5.41, 5.74) is 1.53. The fraction of sp³-hybridized carbons (Fsp3) is 0.438. The number of benzene rings is 2. The summed E-state index contributed by atoms with van der Waals surface area (Å²) in [6.07, 6.45) is 0.500. The van der Waals surface area contributed by atoms with Gasteiger partial charge in [0.15, 0.2) is 23.6 Å². The van der Waals surface area contributed by atoms with E-state index >= 15 is 0 Å². The lowest BCUT2D eigenvalue weighted by Crippen LogP contribution is -2.60. The molecule has 7 rings (SSSR count). The Morgan fingerprint density at radius 2 is 1.69 bits per heavy atom. The van der Waals surface area contributed by atoms with Crippen LogP contribution in [0.1, 0.15) is 49.2 Å². The zero-order chi connectivity index (χ0) is 29.6. The number of carbonyl (C=O) groups excluding carboxylic acids is 2. The summed E-state index contributed by atoms with van der Waals surface area (Å²) in [6.45, 7) is 7.39. The topological polar surface area (TPSA) is 92.8 Å². The number of rotatable bonds is 4. The average Bonchev–Trinajstić information content (AvgIpc) is 3.65. The number of hydrogen-bond acceptors (Lipinski definition) is 9. The maximum atomic E-state index is 14.9. The Kier molecular flexibility index (Phi) is 6.26. The van der Waals surface area contributed by atoms with Crippen LogP contribution in [0.2, 0.25) is 5.02 Å². The number of carbonyl (C=O) groups is 2. The molecule has 42 heavy (non-hydrogen) atoms. The molecule has 5 aliphatic rings. The van der Waals surface area contributed by atoms with Gasteiger partial charge in [-0.2, -0.15) is 0 Å². The molecule has 5 heterocycles. The van der Waals surface area contributed by atoms with Crippen LogP contribution in [0.3, 0.4) is 0 Å². The van der Waals surface area contributed by atoms with Crippen molar-refractivity contribution in [3.8, 4) is 0 Å². The van der Waals surface area contributed by atoms with Gasteiger partial charge in [0.2, 0.25) is 0 Å². The lowest BCUT2D eigenvalue weighted by atomic mass is 9.65. The van der Waals surface area contributed by atoms with E-state index < -0.39 is 53.6 Å².